The number of carbonyl (C=O) groups excluding carboxylic acids is 6. The minimum atomic E-state index is -0.807. The maximum atomic E-state index is 13.6. The van der Waals surface area contributed by atoms with Crippen LogP contribution >= 0.6 is 0 Å². The number of ether oxygens (including phenoxy) is 2. The molecule has 0 spiro atoms. The number of fused-ring (bicyclic) bond motifs is 5. The molecule has 2 bridgehead atoms. The Balaban J connectivity index is 1.08. The molecule has 64 heavy (non-hydrogen) atoms. The van der Waals surface area contributed by atoms with Gasteiger partial charge in [-0.1, -0.05) is 64.1 Å². The number of amides is 6. The molecule has 4 aliphatic heterocycles. The Kier molecular flexibility index (Phi) is 14.0. The molecule has 6 unspecified atom stereocenters. The number of carbonyl (C=O) groups is 6. The molecule has 4 N–H and O–H groups in total. The lowest BCUT2D eigenvalue weighted by atomic mass is 9.81. The van der Waals surface area contributed by atoms with Crippen LogP contribution in [0, 0.1) is 11.8 Å². The molecule has 6 atom stereocenters. The van der Waals surface area contributed by atoms with Crippen LogP contribution in [0.25, 0.3) is 22.3 Å². The summed E-state index contributed by atoms with van der Waals surface area (Å²) in [7, 11) is 2.51. The molecule has 3 aromatic rings. The minimum absolute atomic E-state index is 0.194. The predicted octanol–water partition coefficient (Wildman–Crippen LogP) is 7.24. The highest BCUT2D eigenvalue weighted by Crippen LogP contribution is 2.59. The number of hydrogen-bond donors (Lipinski definition) is 4. The van der Waals surface area contributed by atoms with Crippen LogP contribution in [0.15, 0.2) is 60.7 Å². The van der Waals surface area contributed by atoms with E-state index in [1.165, 1.54) is 25.3 Å². The zero-order valence-electron chi connectivity index (χ0n) is 38.2. The number of nitrogens with one attached hydrogen (secondary N) is 4. The SMILES string of the molecule is COC(=O)NC(C(=O)N1CCCC1C(=O)Nc1ccc(-c2ccc(-c3ccc(NC(=O)C4CCCN4C(=O)C(NC(=O)OC)C(C)C)cc3)c3c2C2CCC3N2C(C)C)cc1)C(C)C. The molecule has 15 nitrogen and oxygen atoms in total. The van der Waals surface area contributed by atoms with E-state index < -0.39 is 36.4 Å². The van der Waals surface area contributed by atoms with E-state index in [1.54, 1.807) is 9.80 Å². The van der Waals surface area contributed by atoms with Crippen LogP contribution in [-0.4, -0.2) is 108 Å². The van der Waals surface area contributed by atoms with Crippen molar-refractivity contribution >= 4 is 47.2 Å². The van der Waals surface area contributed by atoms with Crippen molar-refractivity contribution < 1.29 is 38.2 Å². The number of methoxy groups -OCH3 is 2. The molecular weight excluding hydrogens is 815 g/mol. The van der Waals surface area contributed by atoms with Crippen LogP contribution < -0.4 is 21.3 Å². The van der Waals surface area contributed by atoms with Gasteiger partial charge in [-0.2, -0.15) is 0 Å². The molecule has 3 saturated heterocycles. The molecule has 0 saturated carbocycles. The number of hydrogen-bond acceptors (Lipinski definition) is 9. The van der Waals surface area contributed by atoms with Crippen LogP contribution in [0.3, 0.4) is 0 Å². The molecule has 7 rings (SSSR count). The highest BCUT2D eigenvalue weighted by atomic mass is 16.5. The second-order valence-electron chi connectivity index (χ2n) is 18.4. The number of benzene rings is 3. The van der Waals surface area contributed by atoms with Crippen LogP contribution in [0.5, 0.6) is 0 Å². The molecule has 3 aromatic carbocycles. The quantitative estimate of drug-likeness (QED) is 0.138. The van der Waals surface area contributed by atoms with Crippen molar-refractivity contribution in [2.45, 2.75) is 122 Å². The topological polar surface area (TPSA) is 179 Å². The maximum Gasteiger partial charge on any atom is 0.407 e. The van der Waals surface area contributed by atoms with Crippen molar-refractivity contribution in [3.8, 4) is 22.3 Å². The molecular formula is C49H63N7O8. The lowest BCUT2D eigenvalue weighted by Crippen LogP contribution is -2.54. The van der Waals surface area contributed by atoms with Gasteiger partial charge in [0.25, 0.3) is 0 Å². The Hall–Kier alpha value is -5.96. The number of likely N-dealkylation sites (tertiary alicyclic amines) is 2. The first-order chi connectivity index (χ1) is 30.6. The Morgan fingerprint density at radius 1 is 0.547 bits per heavy atom. The first-order valence-corrected chi connectivity index (χ1v) is 22.7. The molecule has 0 aromatic heterocycles. The van der Waals surface area contributed by atoms with Gasteiger partial charge in [0.05, 0.1) is 14.2 Å². The fraction of sp³-hybridized carbons (Fsp3) is 0.510. The molecule has 0 aliphatic carbocycles. The van der Waals surface area contributed by atoms with Gasteiger partial charge < -0.3 is 40.5 Å². The highest BCUT2D eigenvalue weighted by molar-refractivity contribution is 6.00. The number of rotatable bonds is 13. The lowest BCUT2D eigenvalue weighted by molar-refractivity contribution is -0.139. The number of nitrogens with zero attached hydrogens (tertiary/aromatic N) is 3. The van der Waals surface area contributed by atoms with E-state index in [1.807, 2.05) is 76.2 Å². The van der Waals surface area contributed by atoms with Crippen LogP contribution in [0.2, 0.25) is 0 Å². The summed E-state index contributed by atoms with van der Waals surface area (Å²) >= 11 is 0. The van der Waals surface area contributed by atoms with E-state index >= 15 is 0 Å². The van der Waals surface area contributed by atoms with Gasteiger partial charge in [0, 0.05) is 42.6 Å². The zero-order valence-corrected chi connectivity index (χ0v) is 38.2. The molecule has 4 heterocycles. The first-order valence-electron chi connectivity index (χ1n) is 22.7. The van der Waals surface area contributed by atoms with E-state index in [0.29, 0.717) is 56.2 Å². The average Bonchev–Trinajstić information content (AvgIpc) is 4.11. The van der Waals surface area contributed by atoms with Gasteiger partial charge in [-0.05, 0) is 122 Å². The predicted molar refractivity (Wildman–Crippen MR) is 244 cm³/mol. The summed E-state index contributed by atoms with van der Waals surface area (Å²) in [4.78, 5) is 84.2. The minimum Gasteiger partial charge on any atom is -0.453 e. The maximum absolute atomic E-state index is 13.6. The fourth-order valence-corrected chi connectivity index (χ4v) is 10.3. The summed E-state index contributed by atoms with van der Waals surface area (Å²) in [5.41, 5.74) is 8.31. The summed E-state index contributed by atoms with van der Waals surface area (Å²) < 4.78 is 9.48. The molecule has 342 valence electrons. The lowest BCUT2D eigenvalue weighted by Gasteiger charge is -2.30. The van der Waals surface area contributed by atoms with Crippen molar-refractivity contribution in [2.75, 3.05) is 37.9 Å². The van der Waals surface area contributed by atoms with E-state index in [0.717, 1.165) is 35.1 Å². The summed E-state index contributed by atoms with van der Waals surface area (Å²) in [6.45, 7) is 12.7. The van der Waals surface area contributed by atoms with Gasteiger partial charge in [-0.3, -0.25) is 24.1 Å². The molecule has 6 amide bonds. The van der Waals surface area contributed by atoms with Crippen LogP contribution in [-0.2, 0) is 28.7 Å². The standard InChI is InChI=1S/C49H63N7O8/c1-27(2)42(52-48(61)63-7)46(59)54-25-9-11-38(54)44(57)50-32-17-13-30(14-18-32)34-21-22-35(41-37-24-23-36(40(34)41)56(37)29(5)6)31-15-19-33(20-16-31)51-45(58)39-12-10-26-55(39)47(60)43(28(3)4)53-49(62)64-8/h13-22,27-29,36-39,42-43H,9-12,23-26H2,1-8H3,(H,50,57)(H,51,58)(H,52,61)(H,53,62). The third-order valence-electron chi connectivity index (χ3n) is 13.4. The third kappa shape index (κ3) is 9.17. The second kappa shape index (κ2) is 19.4. The van der Waals surface area contributed by atoms with E-state index in [9.17, 15) is 28.8 Å². The first kappa shape index (κ1) is 46.0. The van der Waals surface area contributed by atoms with Crippen molar-refractivity contribution in [1.29, 1.82) is 0 Å². The van der Waals surface area contributed by atoms with E-state index in [2.05, 4.69) is 52.1 Å². The monoisotopic (exact) mass is 877 g/mol. The highest BCUT2D eigenvalue weighted by Gasteiger charge is 2.48. The Morgan fingerprint density at radius 3 is 1.25 bits per heavy atom. The zero-order chi connectivity index (χ0) is 46.0. The van der Waals surface area contributed by atoms with E-state index in [4.69, 9.17) is 9.47 Å². The smallest absolute Gasteiger partial charge is 0.407 e. The molecule has 3 fully saturated rings. The summed E-state index contributed by atoms with van der Waals surface area (Å²) in [5.74, 6) is -1.51. The molecule has 0 radical (unpaired) electrons. The normalized spacial score (nSPS) is 21.2. The Bertz CT molecular complexity index is 2090. The fourth-order valence-electron chi connectivity index (χ4n) is 10.3. The van der Waals surface area contributed by atoms with Crippen LogP contribution in [0.1, 0.15) is 103 Å². The van der Waals surface area contributed by atoms with Gasteiger partial charge in [0.15, 0.2) is 0 Å². The molecule has 4 aliphatic rings. The van der Waals surface area contributed by atoms with Gasteiger partial charge in [-0.15, -0.1) is 0 Å². The molecule has 15 heteroatoms. The van der Waals surface area contributed by atoms with Gasteiger partial charge in [-0.25, -0.2) is 9.59 Å². The summed E-state index contributed by atoms with van der Waals surface area (Å²) in [5, 5.41) is 11.3. The van der Waals surface area contributed by atoms with Crippen LogP contribution in [0.4, 0.5) is 21.0 Å². The van der Waals surface area contributed by atoms with E-state index in [-0.39, 0.29) is 47.5 Å². The summed E-state index contributed by atoms with van der Waals surface area (Å²) in [6.07, 6.45) is 3.18. The van der Waals surface area contributed by atoms with Gasteiger partial charge >= 0.3 is 12.2 Å². The van der Waals surface area contributed by atoms with Crippen molar-refractivity contribution in [3.05, 3.63) is 71.8 Å². The third-order valence-corrected chi connectivity index (χ3v) is 13.4. The van der Waals surface area contributed by atoms with Crippen molar-refractivity contribution in [3.63, 3.8) is 0 Å². The van der Waals surface area contributed by atoms with Gasteiger partial charge in [0.1, 0.15) is 24.2 Å². The van der Waals surface area contributed by atoms with Gasteiger partial charge in [0.2, 0.25) is 23.6 Å². The Morgan fingerprint density at radius 2 is 0.922 bits per heavy atom. The number of anilines is 2. The average molecular weight is 878 g/mol. The largest absolute Gasteiger partial charge is 0.453 e. The number of alkyl carbamates (subject to hydrolysis) is 2. The Labute approximate surface area is 376 Å². The second-order valence-corrected chi connectivity index (χ2v) is 18.4. The van der Waals surface area contributed by atoms with Crippen molar-refractivity contribution in [2.24, 2.45) is 11.8 Å². The summed E-state index contributed by atoms with van der Waals surface area (Å²) in [6, 6.07) is 18.1. The van der Waals surface area contributed by atoms with Crippen molar-refractivity contribution in [1.82, 2.24) is 25.3 Å².